The van der Waals surface area contributed by atoms with E-state index in [9.17, 15) is 15.2 Å². The molecule has 5 nitrogen and oxygen atoms in total. The summed E-state index contributed by atoms with van der Waals surface area (Å²) in [5.41, 5.74) is 4.81. The van der Waals surface area contributed by atoms with Crippen LogP contribution in [0, 0.1) is 10.1 Å². The summed E-state index contributed by atoms with van der Waals surface area (Å²) in [5, 5.41) is 20.9. The van der Waals surface area contributed by atoms with Crippen LogP contribution in [-0.2, 0) is 0 Å². The van der Waals surface area contributed by atoms with E-state index in [2.05, 4.69) is 0 Å². The average Bonchev–Trinajstić information content (AvgIpc) is 2.33. The molecule has 0 heterocycles. The maximum Gasteiger partial charge on any atom is 0.321 e. The maximum absolute atomic E-state index is 10.9. The van der Waals surface area contributed by atoms with Gasteiger partial charge < -0.3 is 5.11 Å². The third-order valence-electron chi connectivity index (χ3n) is 2.79. The van der Waals surface area contributed by atoms with Gasteiger partial charge in [-0.05, 0) is 11.1 Å². The number of hydrogen-bond donors (Lipinski definition) is 2. The van der Waals surface area contributed by atoms with Gasteiger partial charge in [0, 0.05) is 11.0 Å². The van der Waals surface area contributed by atoms with E-state index in [1.54, 1.807) is 30.3 Å². The molecule has 0 fully saturated rings. The normalized spacial score (nSPS) is 26.1. The Hall–Kier alpha value is -1.50. The second-order valence-electron chi connectivity index (χ2n) is 3.89. The number of rotatable bonds is 2. The number of hydrogen-bond acceptors (Lipinski definition) is 4. The standard InChI is InChI=1S/C12H12N2O3.BrH/c13-12(14(16)17)8-4-7-10(11(12)15)9-5-2-1-3-6-9;/h1-8,11,15H,13H2;1H. The van der Waals surface area contributed by atoms with Crippen LogP contribution in [0.2, 0.25) is 0 Å². The van der Waals surface area contributed by atoms with Crippen LogP contribution in [0.15, 0.2) is 48.6 Å². The van der Waals surface area contributed by atoms with Gasteiger partial charge in [-0.25, -0.2) is 0 Å². The Balaban J connectivity index is 0.00000162. The fraction of sp³-hybridized carbons (Fsp3) is 0.167. The summed E-state index contributed by atoms with van der Waals surface area (Å²) in [4.78, 5) is 10.2. The molecule has 6 heteroatoms. The minimum Gasteiger partial charge on any atom is -0.379 e. The monoisotopic (exact) mass is 312 g/mol. The SMILES string of the molecule is Br.NC1([N+](=O)[O-])C=CC=C(c2ccccc2)C1O. The number of halogens is 1. The number of aliphatic hydroxyl groups excluding tert-OH is 1. The topological polar surface area (TPSA) is 89.4 Å². The van der Waals surface area contributed by atoms with Gasteiger partial charge in [-0.2, -0.15) is 0 Å². The van der Waals surface area contributed by atoms with Crippen molar-refractivity contribution < 1.29 is 10.0 Å². The molecule has 96 valence electrons. The molecule has 0 bridgehead atoms. The van der Waals surface area contributed by atoms with Crippen molar-refractivity contribution in [2.24, 2.45) is 5.73 Å². The summed E-state index contributed by atoms with van der Waals surface area (Å²) in [6, 6.07) is 8.97. The third kappa shape index (κ3) is 2.35. The molecular formula is C12H13BrN2O3. The quantitative estimate of drug-likeness (QED) is 0.492. The second kappa shape index (κ2) is 5.43. The average molecular weight is 313 g/mol. The lowest BCUT2D eigenvalue weighted by Crippen LogP contribution is -2.56. The van der Waals surface area contributed by atoms with Gasteiger partial charge in [0.15, 0.2) is 6.10 Å². The molecular weight excluding hydrogens is 300 g/mol. The van der Waals surface area contributed by atoms with Crippen LogP contribution < -0.4 is 5.73 Å². The van der Waals surface area contributed by atoms with Gasteiger partial charge >= 0.3 is 5.66 Å². The molecule has 3 N–H and O–H groups in total. The first-order valence-corrected chi connectivity index (χ1v) is 5.12. The Morgan fingerprint density at radius 2 is 1.94 bits per heavy atom. The lowest BCUT2D eigenvalue weighted by atomic mass is 9.88. The number of nitrogens with two attached hydrogens (primary N) is 1. The first kappa shape index (κ1) is 14.6. The van der Waals surface area contributed by atoms with Crippen LogP contribution in [0.1, 0.15) is 5.56 Å². The van der Waals surface area contributed by atoms with E-state index in [1.165, 1.54) is 12.2 Å². The maximum atomic E-state index is 10.9. The fourth-order valence-electron chi connectivity index (χ4n) is 1.78. The zero-order valence-corrected chi connectivity index (χ0v) is 11.1. The zero-order valence-electron chi connectivity index (χ0n) is 9.39. The second-order valence-corrected chi connectivity index (χ2v) is 3.89. The van der Waals surface area contributed by atoms with Crippen LogP contribution in [0.3, 0.4) is 0 Å². The summed E-state index contributed by atoms with van der Waals surface area (Å²) in [7, 11) is 0. The molecule has 0 saturated heterocycles. The van der Waals surface area contributed by atoms with Crippen molar-refractivity contribution in [1.82, 2.24) is 0 Å². The Morgan fingerprint density at radius 1 is 1.33 bits per heavy atom. The van der Waals surface area contributed by atoms with Crippen molar-refractivity contribution >= 4 is 22.6 Å². The molecule has 1 aromatic rings. The molecule has 0 spiro atoms. The van der Waals surface area contributed by atoms with Crippen LogP contribution in [0.25, 0.3) is 5.57 Å². The van der Waals surface area contributed by atoms with Crippen molar-refractivity contribution in [3.8, 4) is 0 Å². The Bertz CT molecular complexity index is 501. The predicted molar refractivity (Wildman–Crippen MR) is 73.8 cm³/mol. The van der Waals surface area contributed by atoms with E-state index in [0.29, 0.717) is 5.57 Å². The molecule has 0 amide bonds. The van der Waals surface area contributed by atoms with Crippen molar-refractivity contribution in [1.29, 1.82) is 0 Å². The molecule has 0 radical (unpaired) electrons. The highest BCUT2D eigenvalue weighted by atomic mass is 79.9. The third-order valence-corrected chi connectivity index (χ3v) is 2.79. The molecule has 1 aliphatic carbocycles. The van der Waals surface area contributed by atoms with Crippen LogP contribution in [0.4, 0.5) is 0 Å². The molecule has 2 atom stereocenters. The summed E-state index contributed by atoms with van der Waals surface area (Å²) < 4.78 is 0. The van der Waals surface area contributed by atoms with Gasteiger partial charge in [0.05, 0.1) is 0 Å². The Labute approximate surface area is 115 Å². The van der Waals surface area contributed by atoms with E-state index in [1.807, 2.05) is 6.07 Å². The predicted octanol–water partition coefficient (Wildman–Crippen LogP) is 1.51. The van der Waals surface area contributed by atoms with Gasteiger partial charge in [-0.3, -0.25) is 15.8 Å². The van der Waals surface area contributed by atoms with E-state index in [0.717, 1.165) is 5.56 Å². The molecule has 0 aliphatic heterocycles. The number of nitro groups is 1. The number of nitrogens with zero attached hydrogens (tertiary/aromatic N) is 1. The van der Waals surface area contributed by atoms with Crippen LogP contribution >= 0.6 is 17.0 Å². The first-order valence-electron chi connectivity index (χ1n) is 5.12. The van der Waals surface area contributed by atoms with Crippen LogP contribution in [0.5, 0.6) is 0 Å². The largest absolute Gasteiger partial charge is 0.379 e. The van der Waals surface area contributed by atoms with E-state index in [4.69, 9.17) is 5.73 Å². The smallest absolute Gasteiger partial charge is 0.321 e. The summed E-state index contributed by atoms with van der Waals surface area (Å²) >= 11 is 0. The molecule has 0 saturated carbocycles. The Morgan fingerprint density at radius 3 is 2.50 bits per heavy atom. The van der Waals surface area contributed by atoms with Crippen molar-refractivity contribution in [2.45, 2.75) is 11.8 Å². The lowest BCUT2D eigenvalue weighted by Gasteiger charge is -2.27. The zero-order chi connectivity index (χ0) is 12.5. The highest BCUT2D eigenvalue weighted by molar-refractivity contribution is 8.93. The molecule has 2 unspecified atom stereocenters. The minimum absolute atomic E-state index is 0. The van der Waals surface area contributed by atoms with Crippen molar-refractivity contribution in [3.05, 3.63) is 64.2 Å². The van der Waals surface area contributed by atoms with Gasteiger partial charge in [0.1, 0.15) is 0 Å². The van der Waals surface area contributed by atoms with Gasteiger partial charge in [0.2, 0.25) is 0 Å². The number of benzene rings is 1. The van der Waals surface area contributed by atoms with Gasteiger partial charge in [-0.15, -0.1) is 17.0 Å². The highest BCUT2D eigenvalue weighted by Gasteiger charge is 2.47. The van der Waals surface area contributed by atoms with Crippen LogP contribution in [-0.4, -0.2) is 21.8 Å². The highest BCUT2D eigenvalue weighted by Crippen LogP contribution is 2.29. The Kier molecular flexibility index (Phi) is 4.39. The molecule has 1 aromatic carbocycles. The molecule has 0 aromatic heterocycles. The molecule has 2 rings (SSSR count). The van der Waals surface area contributed by atoms with E-state index in [-0.39, 0.29) is 17.0 Å². The number of allylic oxidation sites excluding steroid dienone is 2. The van der Waals surface area contributed by atoms with E-state index >= 15 is 0 Å². The van der Waals surface area contributed by atoms with E-state index < -0.39 is 16.7 Å². The summed E-state index contributed by atoms with van der Waals surface area (Å²) in [5.74, 6) is 0. The molecule has 18 heavy (non-hydrogen) atoms. The summed E-state index contributed by atoms with van der Waals surface area (Å²) in [6.07, 6.45) is 2.97. The lowest BCUT2D eigenvalue weighted by molar-refractivity contribution is -0.563. The van der Waals surface area contributed by atoms with Crippen molar-refractivity contribution in [2.75, 3.05) is 0 Å². The van der Waals surface area contributed by atoms with Gasteiger partial charge in [0.25, 0.3) is 0 Å². The fourth-order valence-corrected chi connectivity index (χ4v) is 1.78. The van der Waals surface area contributed by atoms with Crippen molar-refractivity contribution in [3.63, 3.8) is 0 Å². The first-order chi connectivity index (χ1) is 8.05. The minimum atomic E-state index is -1.96. The van der Waals surface area contributed by atoms with Gasteiger partial charge in [-0.1, -0.05) is 42.5 Å². The summed E-state index contributed by atoms with van der Waals surface area (Å²) in [6.45, 7) is 0. The molecule has 1 aliphatic rings. The number of aliphatic hydroxyl groups is 1.